The fourth-order valence-corrected chi connectivity index (χ4v) is 3.59. The number of hydrogen-bond acceptors (Lipinski definition) is 4. The summed E-state index contributed by atoms with van der Waals surface area (Å²) in [5.74, 6) is -0.857. The van der Waals surface area contributed by atoms with Crippen LogP contribution in [0.4, 0.5) is 0 Å². The Morgan fingerprint density at radius 2 is 2.28 bits per heavy atom. The molecule has 2 atom stereocenters. The summed E-state index contributed by atoms with van der Waals surface area (Å²) in [6.45, 7) is 2.82. The first kappa shape index (κ1) is 13.5. The molecule has 2 unspecified atom stereocenters. The normalized spacial score (nSPS) is 24.4. The Hall–Kier alpha value is -0.940. The van der Waals surface area contributed by atoms with Gasteiger partial charge in [0.1, 0.15) is 0 Å². The van der Waals surface area contributed by atoms with Gasteiger partial charge in [0, 0.05) is 17.5 Å². The molecule has 1 N–H and O–H groups in total. The van der Waals surface area contributed by atoms with Crippen molar-refractivity contribution in [2.45, 2.75) is 45.2 Å². The Morgan fingerprint density at radius 3 is 2.89 bits per heavy atom. The van der Waals surface area contributed by atoms with Crippen LogP contribution in [-0.4, -0.2) is 34.0 Å². The van der Waals surface area contributed by atoms with Crippen LogP contribution in [0.5, 0.6) is 0 Å². The maximum Gasteiger partial charge on any atom is 0.308 e. The van der Waals surface area contributed by atoms with E-state index >= 15 is 0 Å². The number of aromatic nitrogens is 1. The molecule has 18 heavy (non-hydrogen) atoms. The van der Waals surface area contributed by atoms with E-state index in [0.717, 1.165) is 37.9 Å². The lowest BCUT2D eigenvalue weighted by Gasteiger charge is -2.35. The van der Waals surface area contributed by atoms with Crippen LogP contribution in [0.25, 0.3) is 0 Å². The van der Waals surface area contributed by atoms with E-state index in [-0.39, 0.29) is 12.0 Å². The lowest BCUT2D eigenvalue weighted by molar-refractivity contribution is -0.145. The number of aliphatic carboxylic acids is 1. The van der Waals surface area contributed by atoms with Gasteiger partial charge in [0.25, 0.3) is 0 Å². The topological polar surface area (TPSA) is 53.4 Å². The van der Waals surface area contributed by atoms with Crippen molar-refractivity contribution in [1.82, 2.24) is 9.88 Å². The van der Waals surface area contributed by atoms with Crippen molar-refractivity contribution in [3.63, 3.8) is 0 Å². The van der Waals surface area contributed by atoms with E-state index in [1.165, 1.54) is 4.88 Å². The van der Waals surface area contributed by atoms with Crippen molar-refractivity contribution in [2.24, 2.45) is 5.92 Å². The quantitative estimate of drug-likeness (QED) is 0.911. The fraction of sp³-hybridized carbons (Fsp3) is 0.692. The highest BCUT2D eigenvalue weighted by molar-refractivity contribution is 7.09. The van der Waals surface area contributed by atoms with Gasteiger partial charge in [-0.15, -0.1) is 11.3 Å². The Labute approximate surface area is 112 Å². The predicted octanol–water partition coefficient (Wildman–Crippen LogP) is 2.53. The third-order valence-electron chi connectivity index (χ3n) is 3.85. The van der Waals surface area contributed by atoms with Crippen molar-refractivity contribution in [2.75, 3.05) is 7.05 Å². The molecule has 0 spiro atoms. The first-order chi connectivity index (χ1) is 8.59. The van der Waals surface area contributed by atoms with Crippen molar-refractivity contribution in [3.8, 4) is 0 Å². The molecule has 0 aromatic carbocycles. The highest BCUT2D eigenvalue weighted by atomic mass is 32.1. The summed E-state index contributed by atoms with van der Waals surface area (Å²) in [5, 5.41) is 9.30. The third kappa shape index (κ3) is 2.90. The van der Waals surface area contributed by atoms with Crippen LogP contribution in [0, 0.1) is 12.8 Å². The molecule has 0 aliphatic heterocycles. The van der Waals surface area contributed by atoms with Crippen molar-refractivity contribution in [3.05, 3.63) is 16.1 Å². The minimum Gasteiger partial charge on any atom is -0.481 e. The molecule has 0 bridgehead atoms. The standard InChI is InChI=1S/C13H20N2O2S/c1-9-12(18-8-14-9)7-15(2)11-6-4-3-5-10(11)13(16)17/h8,10-11H,3-7H2,1-2H3,(H,16,17). The Balaban J connectivity index is 2.04. The highest BCUT2D eigenvalue weighted by Gasteiger charge is 2.33. The lowest BCUT2D eigenvalue weighted by atomic mass is 9.83. The van der Waals surface area contributed by atoms with E-state index in [0.29, 0.717) is 0 Å². The number of thiazole rings is 1. The van der Waals surface area contributed by atoms with Crippen molar-refractivity contribution < 1.29 is 9.90 Å². The van der Waals surface area contributed by atoms with Gasteiger partial charge in [0.2, 0.25) is 0 Å². The van der Waals surface area contributed by atoms with Gasteiger partial charge in [-0.05, 0) is 26.8 Å². The summed E-state index contributed by atoms with van der Waals surface area (Å²) in [6, 6.07) is 0.165. The molecule has 1 aliphatic rings. The largest absolute Gasteiger partial charge is 0.481 e. The zero-order valence-corrected chi connectivity index (χ0v) is 11.7. The summed E-state index contributed by atoms with van der Waals surface area (Å²) in [5.41, 5.74) is 2.92. The molecule has 1 heterocycles. The maximum atomic E-state index is 11.3. The molecular weight excluding hydrogens is 248 g/mol. The fourth-order valence-electron chi connectivity index (χ4n) is 2.75. The van der Waals surface area contributed by atoms with Crippen LogP contribution < -0.4 is 0 Å². The zero-order chi connectivity index (χ0) is 13.1. The van der Waals surface area contributed by atoms with Crippen LogP contribution in [0.2, 0.25) is 0 Å². The summed E-state index contributed by atoms with van der Waals surface area (Å²) in [6.07, 6.45) is 3.98. The third-order valence-corrected chi connectivity index (χ3v) is 4.77. The summed E-state index contributed by atoms with van der Waals surface area (Å²) < 4.78 is 0. The number of carbonyl (C=O) groups is 1. The molecule has 1 saturated carbocycles. The Kier molecular flexibility index (Phi) is 4.35. The van der Waals surface area contributed by atoms with Gasteiger partial charge in [-0.25, -0.2) is 4.98 Å². The molecule has 4 nitrogen and oxygen atoms in total. The Morgan fingerprint density at radius 1 is 1.56 bits per heavy atom. The van der Waals surface area contributed by atoms with Gasteiger partial charge in [0.05, 0.1) is 17.1 Å². The molecule has 100 valence electrons. The average molecular weight is 268 g/mol. The van der Waals surface area contributed by atoms with E-state index in [1.807, 2.05) is 19.5 Å². The van der Waals surface area contributed by atoms with E-state index in [9.17, 15) is 9.90 Å². The number of nitrogens with zero attached hydrogens (tertiary/aromatic N) is 2. The first-order valence-corrected chi connectivity index (χ1v) is 7.29. The maximum absolute atomic E-state index is 11.3. The smallest absolute Gasteiger partial charge is 0.308 e. The van der Waals surface area contributed by atoms with Crippen LogP contribution >= 0.6 is 11.3 Å². The van der Waals surface area contributed by atoms with Gasteiger partial charge in [-0.1, -0.05) is 12.8 Å². The number of rotatable bonds is 4. The molecule has 0 saturated heterocycles. The molecule has 1 aromatic rings. The number of carboxylic acid groups (broad SMARTS) is 1. The van der Waals surface area contributed by atoms with E-state index in [2.05, 4.69) is 9.88 Å². The van der Waals surface area contributed by atoms with Crippen molar-refractivity contribution >= 4 is 17.3 Å². The van der Waals surface area contributed by atoms with Gasteiger partial charge < -0.3 is 5.11 Å². The van der Waals surface area contributed by atoms with Gasteiger partial charge in [-0.3, -0.25) is 9.69 Å². The number of hydrogen-bond donors (Lipinski definition) is 1. The predicted molar refractivity (Wildman–Crippen MR) is 71.7 cm³/mol. The summed E-state index contributed by atoms with van der Waals surface area (Å²) >= 11 is 1.65. The molecule has 1 fully saturated rings. The van der Waals surface area contributed by atoms with E-state index in [4.69, 9.17) is 0 Å². The summed E-state index contributed by atoms with van der Waals surface area (Å²) in [4.78, 5) is 19.0. The average Bonchev–Trinajstić information content (AvgIpc) is 2.75. The first-order valence-electron chi connectivity index (χ1n) is 6.41. The molecule has 2 rings (SSSR count). The highest BCUT2D eigenvalue weighted by Crippen LogP contribution is 2.29. The Bertz CT molecular complexity index is 419. The molecule has 5 heteroatoms. The van der Waals surface area contributed by atoms with Crippen LogP contribution in [-0.2, 0) is 11.3 Å². The second-order valence-corrected chi connectivity index (χ2v) is 6.01. The molecule has 0 radical (unpaired) electrons. The second-order valence-electron chi connectivity index (χ2n) is 5.07. The summed E-state index contributed by atoms with van der Waals surface area (Å²) in [7, 11) is 2.03. The lowest BCUT2D eigenvalue weighted by Crippen LogP contribution is -2.43. The molecular formula is C13H20N2O2S. The van der Waals surface area contributed by atoms with E-state index < -0.39 is 5.97 Å². The monoisotopic (exact) mass is 268 g/mol. The van der Waals surface area contributed by atoms with Crippen molar-refractivity contribution in [1.29, 1.82) is 0 Å². The van der Waals surface area contributed by atoms with Gasteiger partial charge in [0.15, 0.2) is 0 Å². The zero-order valence-electron chi connectivity index (χ0n) is 10.9. The van der Waals surface area contributed by atoms with Crippen LogP contribution in [0.15, 0.2) is 5.51 Å². The second kappa shape index (κ2) is 5.80. The minimum absolute atomic E-state index is 0.165. The van der Waals surface area contributed by atoms with E-state index in [1.54, 1.807) is 11.3 Å². The van der Waals surface area contributed by atoms with Gasteiger partial charge >= 0.3 is 5.97 Å². The SMILES string of the molecule is Cc1ncsc1CN(C)C1CCCCC1C(=O)O. The van der Waals surface area contributed by atoms with Crippen LogP contribution in [0.1, 0.15) is 36.3 Å². The molecule has 1 aliphatic carbocycles. The number of carboxylic acids is 1. The number of aryl methyl sites for hydroxylation is 1. The molecule has 1 aromatic heterocycles. The molecule has 0 amide bonds. The van der Waals surface area contributed by atoms with Crippen LogP contribution in [0.3, 0.4) is 0 Å². The van der Waals surface area contributed by atoms with Gasteiger partial charge in [-0.2, -0.15) is 0 Å². The minimum atomic E-state index is -0.646.